The summed E-state index contributed by atoms with van der Waals surface area (Å²) in [4.78, 5) is 26.4. The fraction of sp³-hybridized carbons (Fsp3) is 0.238. The van der Waals surface area contributed by atoms with Crippen LogP contribution in [0.3, 0.4) is 0 Å². The molecule has 10 heteroatoms. The highest BCUT2D eigenvalue weighted by molar-refractivity contribution is 5.68. The molecule has 0 atom stereocenters. The lowest BCUT2D eigenvalue weighted by Gasteiger charge is -2.26. The van der Waals surface area contributed by atoms with E-state index in [1.807, 2.05) is 11.0 Å². The van der Waals surface area contributed by atoms with E-state index in [4.69, 9.17) is 0 Å². The van der Waals surface area contributed by atoms with Gasteiger partial charge in [0.25, 0.3) is 0 Å². The van der Waals surface area contributed by atoms with E-state index < -0.39 is 12.3 Å². The van der Waals surface area contributed by atoms with Gasteiger partial charge in [-0.15, -0.1) is 0 Å². The van der Waals surface area contributed by atoms with Crippen LogP contribution in [-0.4, -0.2) is 39.2 Å². The maximum Gasteiger partial charge on any atom is 0.388 e. The molecule has 0 saturated carbocycles. The van der Waals surface area contributed by atoms with Gasteiger partial charge in [0.2, 0.25) is 11.8 Å². The molecule has 0 unspecified atom stereocenters. The van der Waals surface area contributed by atoms with Crippen LogP contribution >= 0.6 is 0 Å². The largest absolute Gasteiger partial charge is 0.417 e. The first-order chi connectivity index (χ1) is 15.0. The number of halogens is 3. The Balaban J connectivity index is 1.42. The predicted octanol–water partition coefficient (Wildman–Crippen LogP) is 3.12. The van der Waals surface area contributed by atoms with Crippen LogP contribution in [0.5, 0.6) is 5.88 Å². The molecule has 1 aromatic carbocycles. The van der Waals surface area contributed by atoms with Gasteiger partial charge in [-0.05, 0) is 35.3 Å². The maximum atomic E-state index is 13.1. The van der Waals surface area contributed by atoms with Gasteiger partial charge in [0.05, 0.1) is 6.54 Å². The average Bonchev–Trinajstić information content (AvgIpc) is 2.77. The fourth-order valence-electron chi connectivity index (χ4n) is 3.25. The van der Waals surface area contributed by atoms with Crippen LogP contribution in [0.15, 0.2) is 59.8 Å². The van der Waals surface area contributed by atoms with Gasteiger partial charge in [-0.3, -0.25) is 4.57 Å². The van der Waals surface area contributed by atoms with Crippen molar-refractivity contribution in [3.8, 4) is 5.88 Å². The molecule has 0 N–H and O–H groups in total. The Kier molecular flexibility index (Phi) is 5.96. The zero-order chi connectivity index (χ0) is 21.8. The van der Waals surface area contributed by atoms with Crippen molar-refractivity contribution < 1.29 is 17.9 Å². The number of ether oxygens (including phenoxy) is 1. The number of hydrogen-bond acceptors (Lipinski definition) is 6. The Morgan fingerprint density at radius 1 is 1.10 bits per heavy atom. The Labute approximate surface area is 175 Å². The highest BCUT2D eigenvalue weighted by Crippen LogP contribution is 2.24. The van der Waals surface area contributed by atoms with E-state index in [1.54, 1.807) is 12.1 Å². The molecule has 0 fully saturated rings. The number of anilines is 1. The number of aromatic nitrogens is 4. The summed E-state index contributed by atoms with van der Waals surface area (Å²) in [6.07, 6.45) is 5.48. The van der Waals surface area contributed by atoms with E-state index in [0.29, 0.717) is 24.6 Å². The zero-order valence-corrected chi connectivity index (χ0v) is 16.3. The summed E-state index contributed by atoms with van der Waals surface area (Å²) in [7, 11) is 0. The first-order valence-electron chi connectivity index (χ1n) is 9.51. The lowest BCUT2D eigenvalue weighted by atomic mass is 10.00. The second kappa shape index (κ2) is 8.99. The van der Waals surface area contributed by atoms with Crippen molar-refractivity contribution in [2.45, 2.75) is 19.6 Å². The summed E-state index contributed by atoms with van der Waals surface area (Å²) < 4.78 is 43.0. The highest BCUT2D eigenvalue weighted by Gasteiger charge is 2.16. The molecule has 0 amide bonds. The smallest absolute Gasteiger partial charge is 0.388 e. The van der Waals surface area contributed by atoms with Crippen molar-refractivity contribution in [2.75, 3.05) is 18.0 Å². The normalized spacial score (nSPS) is 13.9. The van der Waals surface area contributed by atoms with Crippen molar-refractivity contribution in [3.05, 3.63) is 82.4 Å². The zero-order valence-electron chi connectivity index (χ0n) is 16.3. The van der Waals surface area contributed by atoms with Gasteiger partial charge < -0.3 is 9.64 Å². The van der Waals surface area contributed by atoms with Crippen LogP contribution in [0.4, 0.5) is 19.1 Å². The van der Waals surface area contributed by atoms with Crippen molar-refractivity contribution in [3.63, 3.8) is 0 Å². The number of benzene rings is 1. The van der Waals surface area contributed by atoms with Gasteiger partial charge in [-0.1, -0.05) is 24.3 Å². The minimum absolute atomic E-state index is 0.149. The van der Waals surface area contributed by atoms with Gasteiger partial charge >= 0.3 is 12.3 Å². The third-order valence-corrected chi connectivity index (χ3v) is 4.82. The molecule has 0 saturated heterocycles. The highest BCUT2D eigenvalue weighted by atomic mass is 19.3. The number of pyridine rings is 1. The summed E-state index contributed by atoms with van der Waals surface area (Å²) in [5, 5.41) is 0. The van der Waals surface area contributed by atoms with Gasteiger partial charge in [-0.25, -0.2) is 19.2 Å². The third kappa shape index (κ3) is 5.08. The van der Waals surface area contributed by atoms with Crippen molar-refractivity contribution in [2.24, 2.45) is 0 Å². The van der Waals surface area contributed by atoms with Gasteiger partial charge in [0.1, 0.15) is 12.1 Å². The molecule has 4 rings (SSSR count). The van der Waals surface area contributed by atoms with Gasteiger partial charge in [0, 0.05) is 25.4 Å². The molecular weight excluding hydrogens is 411 g/mol. The average molecular weight is 429 g/mol. The first kappa shape index (κ1) is 20.6. The molecule has 1 aliphatic heterocycles. The van der Waals surface area contributed by atoms with Crippen LogP contribution in [0.1, 0.15) is 17.5 Å². The predicted molar refractivity (Wildman–Crippen MR) is 107 cm³/mol. The quantitative estimate of drug-likeness (QED) is 0.600. The van der Waals surface area contributed by atoms with Crippen LogP contribution in [-0.2, 0) is 6.54 Å². The van der Waals surface area contributed by atoms with Gasteiger partial charge in [0.15, 0.2) is 0 Å². The number of rotatable bonds is 6. The Hall–Kier alpha value is -3.69. The SMILES string of the molecule is O=c1nc(N2CC=C(c3ccc(F)cc3)CC2)ncn1Cc1ccc(OC(F)F)nc1. The molecule has 31 heavy (non-hydrogen) atoms. The lowest BCUT2D eigenvalue weighted by molar-refractivity contribution is -0.0528. The van der Waals surface area contributed by atoms with E-state index in [2.05, 4.69) is 19.7 Å². The maximum absolute atomic E-state index is 13.1. The standard InChI is InChI=1S/C21H18F3N5O2/c22-17-4-2-15(3-5-17)16-7-9-28(10-8-16)20-26-13-29(21(30)27-20)12-14-1-6-18(25-11-14)31-19(23)24/h1-7,11,13,19H,8-10,12H2. The Morgan fingerprint density at radius 3 is 2.52 bits per heavy atom. The van der Waals surface area contributed by atoms with Gasteiger partial charge in [-0.2, -0.15) is 13.8 Å². The molecule has 0 spiro atoms. The minimum Gasteiger partial charge on any atom is -0.417 e. The van der Waals surface area contributed by atoms with Crippen LogP contribution in [0.2, 0.25) is 0 Å². The molecule has 0 radical (unpaired) electrons. The minimum atomic E-state index is -2.95. The van der Waals surface area contributed by atoms with E-state index in [0.717, 1.165) is 17.6 Å². The molecule has 2 aromatic heterocycles. The van der Waals surface area contributed by atoms with Crippen molar-refractivity contribution >= 4 is 11.5 Å². The molecule has 7 nitrogen and oxygen atoms in total. The monoisotopic (exact) mass is 429 g/mol. The summed E-state index contributed by atoms with van der Waals surface area (Å²) in [5.74, 6) is -0.144. The van der Waals surface area contributed by atoms with Crippen LogP contribution in [0, 0.1) is 5.82 Å². The van der Waals surface area contributed by atoms with Crippen molar-refractivity contribution in [1.29, 1.82) is 0 Å². The summed E-state index contributed by atoms with van der Waals surface area (Å²) >= 11 is 0. The fourth-order valence-corrected chi connectivity index (χ4v) is 3.25. The summed E-state index contributed by atoms with van der Waals surface area (Å²) in [5.41, 5.74) is 2.21. The molecule has 160 valence electrons. The Bertz CT molecular complexity index is 1130. The summed E-state index contributed by atoms with van der Waals surface area (Å²) in [6.45, 7) is -1.64. The van der Waals surface area contributed by atoms with E-state index in [-0.39, 0.29) is 18.2 Å². The molecule has 3 aromatic rings. The summed E-state index contributed by atoms with van der Waals surface area (Å²) in [6, 6.07) is 9.20. The van der Waals surface area contributed by atoms with E-state index in [1.165, 1.54) is 41.4 Å². The number of nitrogens with zero attached hydrogens (tertiary/aromatic N) is 5. The van der Waals surface area contributed by atoms with Crippen molar-refractivity contribution in [1.82, 2.24) is 19.5 Å². The molecule has 0 bridgehead atoms. The third-order valence-electron chi connectivity index (χ3n) is 4.82. The molecule has 3 heterocycles. The number of alkyl halides is 2. The lowest BCUT2D eigenvalue weighted by Crippen LogP contribution is -2.34. The topological polar surface area (TPSA) is 73.1 Å². The second-order valence-corrected chi connectivity index (χ2v) is 6.88. The molecule has 1 aliphatic rings. The Morgan fingerprint density at radius 2 is 1.90 bits per heavy atom. The van der Waals surface area contributed by atoms with E-state index >= 15 is 0 Å². The van der Waals surface area contributed by atoms with Crippen LogP contribution in [0.25, 0.3) is 5.57 Å². The number of hydrogen-bond donors (Lipinski definition) is 0. The first-order valence-corrected chi connectivity index (χ1v) is 9.51. The molecule has 0 aliphatic carbocycles. The van der Waals surface area contributed by atoms with E-state index in [9.17, 15) is 18.0 Å². The van der Waals surface area contributed by atoms with Crippen LogP contribution < -0.4 is 15.3 Å². The molecular formula is C21H18F3N5O2. The second-order valence-electron chi connectivity index (χ2n) is 6.88.